The molecule has 2 aromatic rings. The molecule has 1 aliphatic heterocycles. The van der Waals surface area contributed by atoms with Gasteiger partial charge in [-0.05, 0) is 48.2 Å². The first kappa shape index (κ1) is 18.6. The third-order valence-electron chi connectivity index (χ3n) is 4.94. The van der Waals surface area contributed by atoms with E-state index < -0.39 is 23.6 Å². The molecular formula is C17H19F3N6O2. The van der Waals surface area contributed by atoms with E-state index in [4.69, 9.17) is 4.74 Å². The van der Waals surface area contributed by atoms with Crippen molar-refractivity contribution in [1.82, 2.24) is 25.2 Å². The highest BCUT2D eigenvalue weighted by Crippen LogP contribution is 2.37. The van der Waals surface area contributed by atoms with Crippen LogP contribution in [0.1, 0.15) is 43.1 Å². The van der Waals surface area contributed by atoms with Crippen molar-refractivity contribution in [2.45, 2.75) is 44.5 Å². The summed E-state index contributed by atoms with van der Waals surface area (Å²) in [6.45, 7) is 0.493. The van der Waals surface area contributed by atoms with Gasteiger partial charge in [-0.3, -0.25) is 4.79 Å². The van der Waals surface area contributed by atoms with Crippen LogP contribution in [0, 0.1) is 5.92 Å². The van der Waals surface area contributed by atoms with Crippen LogP contribution in [-0.4, -0.2) is 44.3 Å². The lowest BCUT2D eigenvalue weighted by molar-refractivity contribution is -0.150. The van der Waals surface area contributed by atoms with Crippen LogP contribution >= 0.6 is 0 Å². The van der Waals surface area contributed by atoms with Crippen molar-refractivity contribution in [3.8, 4) is 0 Å². The smallest absolute Gasteiger partial charge is 0.419 e. The fraction of sp³-hybridized carbons (Fsp3) is 0.588. The first-order chi connectivity index (χ1) is 13.4. The number of hydrogen-bond donors (Lipinski definition) is 0. The number of alkyl halides is 3. The number of hydrogen-bond acceptors (Lipinski definition) is 7. The van der Waals surface area contributed by atoms with Gasteiger partial charge in [0.05, 0.1) is 17.5 Å². The van der Waals surface area contributed by atoms with Gasteiger partial charge in [-0.25, -0.2) is 9.67 Å². The van der Waals surface area contributed by atoms with Gasteiger partial charge in [0, 0.05) is 19.3 Å². The number of pyridine rings is 1. The third-order valence-corrected chi connectivity index (χ3v) is 4.94. The Kier molecular flexibility index (Phi) is 4.90. The van der Waals surface area contributed by atoms with Crippen LogP contribution in [-0.2, 0) is 22.3 Å². The summed E-state index contributed by atoms with van der Waals surface area (Å²) in [5.74, 6) is -0.653. The van der Waals surface area contributed by atoms with E-state index in [0.29, 0.717) is 25.2 Å². The lowest BCUT2D eigenvalue weighted by atomic mass is 9.98. The summed E-state index contributed by atoms with van der Waals surface area (Å²) >= 11 is 0. The maximum Gasteiger partial charge on any atom is 0.419 e. The van der Waals surface area contributed by atoms with Gasteiger partial charge in [0.15, 0.2) is 12.4 Å². The molecule has 3 heterocycles. The Morgan fingerprint density at radius 1 is 1.29 bits per heavy atom. The second kappa shape index (κ2) is 7.36. The quantitative estimate of drug-likeness (QED) is 0.717. The van der Waals surface area contributed by atoms with Gasteiger partial charge in [-0.2, -0.15) is 13.2 Å². The number of carbonyl (C=O) groups excluding carboxylic acids is 1. The van der Waals surface area contributed by atoms with E-state index in [1.807, 2.05) is 0 Å². The predicted octanol–water partition coefficient (Wildman–Crippen LogP) is 2.38. The molecule has 0 spiro atoms. The van der Waals surface area contributed by atoms with E-state index in [-0.39, 0.29) is 25.0 Å². The van der Waals surface area contributed by atoms with Gasteiger partial charge in [-0.1, -0.05) is 0 Å². The molecule has 11 heteroatoms. The van der Waals surface area contributed by atoms with Crippen molar-refractivity contribution in [3.05, 3.63) is 29.7 Å². The molecule has 1 saturated heterocycles. The van der Waals surface area contributed by atoms with E-state index in [1.54, 1.807) is 4.68 Å². The van der Waals surface area contributed by atoms with Gasteiger partial charge in [0.1, 0.15) is 5.82 Å². The van der Waals surface area contributed by atoms with Crippen LogP contribution in [0.4, 0.5) is 19.0 Å². The van der Waals surface area contributed by atoms with Crippen LogP contribution in [0.15, 0.2) is 18.3 Å². The normalized spacial score (nSPS) is 20.2. The molecule has 2 aliphatic rings. The summed E-state index contributed by atoms with van der Waals surface area (Å²) in [6.07, 6.45) is -0.0595. The minimum atomic E-state index is -4.50. The van der Waals surface area contributed by atoms with Gasteiger partial charge >= 0.3 is 12.1 Å². The minimum absolute atomic E-state index is 0.0454. The summed E-state index contributed by atoms with van der Waals surface area (Å²) in [5, 5.41) is 11.4. The maximum absolute atomic E-state index is 13.3. The zero-order chi connectivity index (χ0) is 19.7. The maximum atomic E-state index is 13.3. The lowest BCUT2D eigenvalue weighted by Gasteiger charge is -2.33. The average molecular weight is 396 g/mol. The number of rotatable bonds is 5. The highest BCUT2D eigenvalue weighted by Gasteiger charge is 2.37. The van der Waals surface area contributed by atoms with E-state index in [2.05, 4.69) is 20.5 Å². The molecule has 8 nitrogen and oxygen atoms in total. The van der Waals surface area contributed by atoms with Crippen molar-refractivity contribution >= 4 is 11.8 Å². The molecular weight excluding hydrogens is 377 g/mol. The van der Waals surface area contributed by atoms with E-state index in [9.17, 15) is 18.0 Å². The second-order valence-corrected chi connectivity index (χ2v) is 7.04. The summed E-state index contributed by atoms with van der Waals surface area (Å²) in [4.78, 5) is 17.9. The molecule has 0 unspecified atom stereocenters. The van der Waals surface area contributed by atoms with Crippen LogP contribution in [0.5, 0.6) is 0 Å². The molecule has 0 N–H and O–H groups in total. The van der Waals surface area contributed by atoms with Gasteiger partial charge in [0.25, 0.3) is 0 Å². The summed E-state index contributed by atoms with van der Waals surface area (Å²) < 4.78 is 46.8. The number of ether oxygens (including phenoxy) is 1. The largest absolute Gasteiger partial charge is 0.457 e. The Hall–Kier alpha value is -2.72. The standard InChI is InChI=1S/C17H19F3N6O2/c18-17(19,20)13-4-1-7-21-15(13)25-8-2-3-11(9-25)16(27)28-10-14-22-23-24-26(14)12-5-6-12/h1,4,7,11-12H,2-3,5-6,8-10H2/t11-/m0/s1. The number of esters is 1. The van der Waals surface area contributed by atoms with Crippen LogP contribution in [0.3, 0.4) is 0 Å². The Morgan fingerprint density at radius 2 is 2.11 bits per heavy atom. The Labute approximate surface area is 158 Å². The second-order valence-electron chi connectivity index (χ2n) is 7.04. The Bertz CT molecular complexity index is 851. The van der Waals surface area contributed by atoms with Gasteiger partial charge < -0.3 is 9.64 Å². The van der Waals surface area contributed by atoms with Gasteiger partial charge in [-0.15, -0.1) is 5.10 Å². The average Bonchev–Trinajstić information content (AvgIpc) is 3.43. The van der Waals surface area contributed by atoms with Crippen molar-refractivity contribution in [2.75, 3.05) is 18.0 Å². The van der Waals surface area contributed by atoms with Crippen molar-refractivity contribution in [3.63, 3.8) is 0 Å². The minimum Gasteiger partial charge on any atom is -0.457 e. The van der Waals surface area contributed by atoms with Crippen molar-refractivity contribution in [2.24, 2.45) is 5.92 Å². The molecule has 1 aliphatic carbocycles. The number of nitrogens with zero attached hydrogens (tertiary/aromatic N) is 6. The lowest BCUT2D eigenvalue weighted by Crippen LogP contribution is -2.40. The molecule has 4 rings (SSSR count). The Morgan fingerprint density at radius 3 is 2.86 bits per heavy atom. The number of piperidine rings is 1. The van der Waals surface area contributed by atoms with Crippen LogP contribution < -0.4 is 4.90 Å². The number of halogens is 3. The summed E-state index contributed by atoms with van der Waals surface area (Å²) in [5.41, 5.74) is -0.798. The van der Waals surface area contributed by atoms with E-state index in [0.717, 1.165) is 18.9 Å². The predicted molar refractivity (Wildman–Crippen MR) is 90.1 cm³/mol. The molecule has 2 aromatic heterocycles. The van der Waals surface area contributed by atoms with Crippen molar-refractivity contribution < 1.29 is 22.7 Å². The SMILES string of the molecule is O=C(OCc1nnnn1C1CC1)[C@H]1CCCN(c2ncccc2C(F)(F)F)C1. The first-order valence-corrected chi connectivity index (χ1v) is 9.14. The van der Waals surface area contributed by atoms with Crippen LogP contribution in [0.25, 0.3) is 0 Å². The third kappa shape index (κ3) is 3.92. The molecule has 1 saturated carbocycles. The monoisotopic (exact) mass is 396 g/mol. The number of anilines is 1. The van der Waals surface area contributed by atoms with Crippen LogP contribution in [0.2, 0.25) is 0 Å². The van der Waals surface area contributed by atoms with Gasteiger partial charge in [0.2, 0.25) is 0 Å². The summed E-state index contributed by atoms with van der Waals surface area (Å²) in [6, 6.07) is 2.52. The molecule has 28 heavy (non-hydrogen) atoms. The van der Waals surface area contributed by atoms with E-state index in [1.165, 1.54) is 17.2 Å². The summed E-state index contributed by atoms with van der Waals surface area (Å²) in [7, 11) is 0. The molecule has 0 aromatic carbocycles. The zero-order valence-corrected chi connectivity index (χ0v) is 15.0. The highest BCUT2D eigenvalue weighted by atomic mass is 19.4. The highest BCUT2D eigenvalue weighted by molar-refractivity contribution is 5.73. The fourth-order valence-electron chi connectivity index (χ4n) is 3.40. The molecule has 0 bridgehead atoms. The Balaban J connectivity index is 1.41. The fourth-order valence-corrected chi connectivity index (χ4v) is 3.40. The molecule has 1 atom stereocenters. The molecule has 2 fully saturated rings. The zero-order valence-electron chi connectivity index (χ0n) is 15.0. The molecule has 150 valence electrons. The topological polar surface area (TPSA) is 86.0 Å². The first-order valence-electron chi connectivity index (χ1n) is 9.14. The molecule has 0 radical (unpaired) electrons. The van der Waals surface area contributed by atoms with E-state index >= 15 is 0 Å². The number of aromatic nitrogens is 5. The number of carbonyl (C=O) groups is 1. The number of tetrazole rings is 1. The van der Waals surface area contributed by atoms with Crippen molar-refractivity contribution in [1.29, 1.82) is 0 Å². The molecule has 0 amide bonds.